The molecule has 0 radical (unpaired) electrons. The molecule has 104 valence electrons. The van der Waals surface area contributed by atoms with Gasteiger partial charge in [-0.05, 0) is 18.9 Å². The van der Waals surface area contributed by atoms with Gasteiger partial charge in [-0.1, -0.05) is 18.6 Å². The van der Waals surface area contributed by atoms with Crippen LogP contribution in [0.3, 0.4) is 0 Å². The van der Waals surface area contributed by atoms with Crippen molar-refractivity contribution >= 4 is 22.5 Å². The Labute approximate surface area is 113 Å². The number of hydrogen-bond acceptors (Lipinski definition) is 4. The molecule has 1 N–H and O–H groups in total. The molecule has 1 aromatic carbocycles. The van der Waals surface area contributed by atoms with Crippen LogP contribution in [0.15, 0.2) is 29.2 Å². The molecule has 6 nitrogen and oxygen atoms in total. The fourth-order valence-corrected chi connectivity index (χ4v) is 2.89. The van der Waals surface area contributed by atoms with Crippen LogP contribution in [0.2, 0.25) is 0 Å². The number of carbonyl (C=O) groups is 1. The van der Waals surface area contributed by atoms with E-state index in [1.54, 1.807) is 6.07 Å². The van der Waals surface area contributed by atoms with E-state index in [9.17, 15) is 19.1 Å². The van der Waals surface area contributed by atoms with Crippen molar-refractivity contribution in [2.24, 2.45) is 0 Å². The summed E-state index contributed by atoms with van der Waals surface area (Å²) >= 11 is 0. The number of carboxylic acid groups (broad SMARTS) is 1. The molecule has 0 fully saturated rings. The molecule has 0 saturated heterocycles. The first-order chi connectivity index (χ1) is 9.02. The summed E-state index contributed by atoms with van der Waals surface area (Å²) in [6.45, 7) is 0. The maximum absolute atomic E-state index is 12.0. The fourth-order valence-electron chi connectivity index (χ4n) is 1.60. The zero-order valence-corrected chi connectivity index (χ0v) is 11.1. The molecule has 7 heteroatoms. The molecule has 1 atom stereocenters. The van der Waals surface area contributed by atoms with Crippen molar-refractivity contribution in [3.8, 4) is 0 Å². The maximum atomic E-state index is 12.0. The van der Waals surface area contributed by atoms with E-state index in [1.165, 1.54) is 18.2 Å². The second-order valence-electron chi connectivity index (χ2n) is 3.98. The van der Waals surface area contributed by atoms with Crippen LogP contribution >= 0.6 is 0 Å². The van der Waals surface area contributed by atoms with Gasteiger partial charge in [0.05, 0.1) is 15.7 Å². The van der Waals surface area contributed by atoms with Gasteiger partial charge >= 0.3 is 5.97 Å². The van der Waals surface area contributed by atoms with Crippen LogP contribution in [-0.2, 0) is 15.6 Å². The first-order valence-corrected chi connectivity index (χ1v) is 7.18. The quantitative estimate of drug-likeness (QED) is 0.449. The van der Waals surface area contributed by atoms with E-state index in [1.807, 2.05) is 0 Å². The third-order valence-corrected chi connectivity index (χ3v) is 4.02. The Kier molecular flexibility index (Phi) is 6.14. The lowest BCUT2D eigenvalue weighted by atomic mass is 10.2. The number of nitro groups is 1. The van der Waals surface area contributed by atoms with Gasteiger partial charge in [-0.2, -0.15) is 0 Å². The number of nitro benzene ring substituents is 1. The molecule has 0 aliphatic carbocycles. The zero-order chi connectivity index (χ0) is 14.3. The summed E-state index contributed by atoms with van der Waals surface area (Å²) in [4.78, 5) is 20.8. The van der Waals surface area contributed by atoms with E-state index >= 15 is 0 Å². The van der Waals surface area contributed by atoms with Gasteiger partial charge in [0, 0.05) is 18.2 Å². The van der Waals surface area contributed by atoms with Crippen molar-refractivity contribution in [3.05, 3.63) is 34.4 Å². The summed E-state index contributed by atoms with van der Waals surface area (Å²) in [6.07, 6.45) is 1.87. The van der Waals surface area contributed by atoms with Crippen LogP contribution in [0.4, 0.5) is 5.69 Å². The number of nitrogens with zero attached hydrogens (tertiary/aromatic N) is 1. The van der Waals surface area contributed by atoms with Crippen molar-refractivity contribution in [2.75, 3.05) is 5.75 Å². The molecular formula is C12H15NO5S. The molecule has 19 heavy (non-hydrogen) atoms. The minimum atomic E-state index is -1.42. The van der Waals surface area contributed by atoms with E-state index in [-0.39, 0.29) is 17.0 Å². The Morgan fingerprint density at radius 3 is 2.58 bits per heavy atom. The summed E-state index contributed by atoms with van der Waals surface area (Å²) < 4.78 is 12.0. The third kappa shape index (κ3) is 5.17. The molecule has 0 aromatic heterocycles. The third-order valence-electron chi connectivity index (χ3n) is 2.53. The van der Waals surface area contributed by atoms with Gasteiger partial charge in [-0.25, -0.2) is 0 Å². The van der Waals surface area contributed by atoms with E-state index in [2.05, 4.69) is 0 Å². The topological polar surface area (TPSA) is 97.5 Å². The molecule has 0 saturated carbocycles. The Balaban J connectivity index is 2.50. The van der Waals surface area contributed by atoms with Crippen molar-refractivity contribution < 1.29 is 19.0 Å². The second kappa shape index (κ2) is 7.63. The van der Waals surface area contributed by atoms with Crippen LogP contribution in [0.25, 0.3) is 0 Å². The van der Waals surface area contributed by atoms with E-state index in [0.29, 0.717) is 25.0 Å². The van der Waals surface area contributed by atoms with Crippen LogP contribution < -0.4 is 0 Å². The smallest absolute Gasteiger partial charge is 0.303 e. The molecule has 0 heterocycles. The number of aliphatic carboxylic acids is 1. The molecule has 0 amide bonds. The average Bonchev–Trinajstić information content (AvgIpc) is 2.37. The van der Waals surface area contributed by atoms with Crippen molar-refractivity contribution in [1.29, 1.82) is 0 Å². The van der Waals surface area contributed by atoms with Crippen LogP contribution in [0.1, 0.15) is 25.7 Å². The SMILES string of the molecule is O=C(O)CCCCCS(=O)c1ccccc1[N+](=O)[O-]. The van der Waals surface area contributed by atoms with Crippen LogP contribution in [0.5, 0.6) is 0 Å². The summed E-state index contributed by atoms with van der Waals surface area (Å²) in [6, 6.07) is 5.97. The van der Waals surface area contributed by atoms with Gasteiger partial charge in [-0.15, -0.1) is 0 Å². The van der Waals surface area contributed by atoms with Crippen LogP contribution in [-0.4, -0.2) is 26.0 Å². The highest BCUT2D eigenvalue weighted by Crippen LogP contribution is 2.22. The molecule has 1 unspecified atom stereocenters. The standard InChI is InChI=1S/C12H15NO5S/c14-12(15)8-2-1-5-9-19(18)11-7-4-3-6-10(11)13(16)17/h3-4,6-7H,1-2,5,8-9H2,(H,14,15). The minimum Gasteiger partial charge on any atom is -0.481 e. The van der Waals surface area contributed by atoms with Crippen molar-refractivity contribution in [2.45, 2.75) is 30.6 Å². The Hall–Kier alpha value is -1.76. The molecule has 1 rings (SSSR count). The fraction of sp³-hybridized carbons (Fsp3) is 0.417. The molecule has 0 bridgehead atoms. The number of para-hydroxylation sites is 1. The van der Waals surface area contributed by atoms with E-state index < -0.39 is 21.7 Å². The first-order valence-electron chi connectivity index (χ1n) is 5.86. The molecule has 0 spiro atoms. The van der Waals surface area contributed by atoms with Crippen LogP contribution in [0, 0.1) is 10.1 Å². The maximum Gasteiger partial charge on any atom is 0.303 e. The first kappa shape index (κ1) is 15.3. The minimum absolute atomic E-state index is 0.0954. The van der Waals surface area contributed by atoms with Gasteiger partial charge in [0.25, 0.3) is 5.69 Å². The van der Waals surface area contributed by atoms with Gasteiger partial charge in [0.15, 0.2) is 0 Å². The van der Waals surface area contributed by atoms with E-state index in [0.717, 1.165) is 0 Å². The summed E-state index contributed by atoms with van der Waals surface area (Å²) in [7, 11) is -1.42. The normalized spacial score (nSPS) is 12.0. The largest absolute Gasteiger partial charge is 0.481 e. The highest BCUT2D eigenvalue weighted by molar-refractivity contribution is 7.85. The predicted molar refractivity (Wildman–Crippen MR) is 70.5 cm³/mol. The Bertz CT molecular complexity index is 489. The molecule has 0 aliphatic heterocycles. The number of rotatable bonds is 8. The zero-order valence-electron chi connectivity index (χ0n) is 10.3. The lowest BCUT2D eigenvalue weighted by Gasteiger charge is -2.03. The second-order valence-corrected chi connectivity index (χ2v) is 5.52. The highest BCUT2D eigenvalue weighted by Gasteiger charge is 2.17. The van der Waals surface area contributed by atoms with Gasteiger partial charge in [0.2, 0.25) is 0 Å². The summed E-state index contributed by atoms with van der Waals surface area (Å²) in [5.41, 5.74) is -0.133. The summed E-state index contributed by atoms with van der Waals surface area (Å²) in [5, 5.41) is 19.2. The predicted octanol–water partition coefficient (Wildman–Crippen LogP) is 2.35. The lowest BCUT2D eigenvalue weighted by molar-refractivity contribution is -0.387. The van der Waals surface area contributed by atoms with Crippen molar-refractivity contribution in [3.63, 3.8) is 0 Å². The molecular weight excluding hydrogens is 270 g/mol. The monoisotopic (exact) mass is 285 g/mol. The number of benzene rings is 1. The number of unbranched alkanes of at least 4 members (excludes halogenated alkanes) is 2. The van der Waals surface area contributed by atoms with E-state index in [4.69, 9.17) is 5.11 Å². The number of carboxylic acids is 1. The van der Waals surface area contributed by atoms with Crippen molar-refractivity contribution in [1.82, 2.24) is 0 Å². The molecule has 1 aromatic rings. The highest BCUT2D eigenvalue weighted by atomic mass is 32.2. The summed E-state index contributed by atoms with van der Waals surface area (Å²) in [5.74, 6) is -0.537. The average molecular weight is 285 g/mol. The molecule has 0 aliphatic rings. The lowest BCUT2D eigenvalue weighted by Crippen LogP contribution is -2.03. The van der Waals surface area contributed by atoms with Gasteiger partial charge in [-0.3, -0.25) is 19.1 Å². The number of hydrogen-bond donors (Lipinski definition) is 1. The Morgan fingerprint density at radius 1 is 1.26 bits per heavy atom. The van der Waals surface area contributed by atoms with Gasteiger partial charge in [0.1, 0.15) is 4.90 Å². The van der Waals surface area contributed by atoms with Gasteiger partial charge < -0.3 is 5.11 Å². The Morgan fingerprint density at radius 2 is 1.95 bits per heavy atom.